The van der Waals surface area contributed by atoms with Gasteiger partial charge in [0.25, 0.3) is 0 Å². The molecule has 1 aromatic heterocycles. The van der Waals surface area contributed by atoms with Gasteiger partial charge in [0.05, 0.1) is 13.3 Å². The van der Waals surface area contributed by atoms with Crippen LogP contribution in [0.5, 0.6) is 11.5 Å². The van der Waals surface area contributed by atoms with E-state index in [0.29, 0.717) is 12.4 Å². The van der Waals surface area contributed by atoms with Crippen LogP contribution in [0.15, 0.2) is 24.4 Å². The molecular weight excluding hydrogens is 268 g/mol. The SMILES string of the molecule is CCC(N)Cc1cccc(OC)c1OCc1cn(C)nn1. The number of nitrogens with zero attached hydrogens (tertiary/aromatic N) is 3. The number of hydrogen-bond donors (Lipinski definition) is 1. The quantitative estimate of drug-likeness (QED) is 0.839. The lowest BCUT2D eigenvalue weighted by Crippen LogP contribution is -2.21. The minimum absolute atomic E-state index is 0.107. The van der Waals surface area contributed by atoms with Gasteiger partial charge in [0, 0.05) is 13.1 Å². The van der Waals surface area contributed by atoms with E-state index in [1.807, 2.05) is 31.4 Å². The zero-order valence-electron chi connectivity index (χ0n) is 12.7. The lowest BCUT2D eigenvalue weighted by atomic mass is 10.0. The molecule has 0 saturated heterocycles. The summed E-state index contributed by atoms with van der Waals surface area (Å²) in [6.07, 6.45) is 3.50. The Morgan fingerprint density at radius 2 is 2.19 bits per heavy atom. The van der Waals surface area contributed by atoms with Crippen LogP contribution in [0.2, 0.25) is 0 Å². The highest BCUT2D eigenvalue weighted by Crippen LogP contribution is 2.32. The minimum Gasteiger partial charge on any atom is -0.493 e. The summed E-state index contributed by atoms with van der Waals surface area (Å²) in [5, 5.41) is 7.91. The second-order valence-electron chi connectivity index (χ2n) is 4.99. The maximum Gasteiger partial charge on any atom is 0.164 e. The van der Waals surface area contributed by atoms with Crippen LogP contribution in [0.25, 0.3) is 0 Å². The molecule has 1 aromatic carbocycles. The molecular formula is C15H22N4O2. The van der Waals surface area contributed by atoms with Crippen molar-refractivity contribution in [2.75, 3.05) is 7.11 Å². The van der Waals surface area contributed by atoms with Crippen LogP contribution in [-0.2, 0) is 20.1 Å². The predicted octanol–water partition coefficient (Wildman–Crippen LogP) is 1.68. The number of para-hydroxylation sites is 1. The summed E-state index contributed by atoms with van der Waals surface area (Å²) in [6, 6.07) is 5.96. The largest absolute Gasteiger partial charge is 0.493 e. The molecule has 114 valence electrons. The maximum atomic E-state index is 6.05. The summed E-state index contributed by atoms with van der Waals surface area (Å²) < 4.78 is 12.9. The Kier molecular flexibility index (Phi) is 5.16. The number of rotatable bonds is 7. The highest BCUT2D eigenvalue weighted by atomic mass is 16.5. The first-order chi connectivity index (χ1) is 10.1. The van der Waals surface area contributed by atoms with Gasteiger partial charge >= 0.3 is 0 Å². The number of hydrogen-bond acceptors (Lipinski definition) is 5. The van der Waals surface area contributed by atoms with Gasteiger partial charge in [-0.25, -0.2) is 0 Å². The van der Waals surface area contributed by atoms with Crippen LogP contribution in [0.3, 0.4) is 0 Å². The second-order valence-corrected chi connectivity index (χ2v) is 4.99. The molecule has 1 heterocycles. The summed E-state index contributed by atoms with van der Waals surface area (Å²) >= 11 is 0. The summed E-state index contributed by atoms with van der Waals surface area (Å²) in [6.45, 7) is 2.42. The Bertz CT molecular complexity index is 583. The van der Waals surface area contributed by atoms with E-state index in [2.05, 4.69) is 17.2 Å². The molecule has 0 bridgehead atoms. The molecule has 2 N–H and O–H groups in total. The van der Waals surface area contributed by atoms with Gasteiger partial charge in [0.2, 0.25) is 0 Å². The van der Waals surface area contributed by atoms with E-state index in [4.69, 9.17) is 15.2 Å². The van der Waals surface area contributed by atoms with E-state index in [0.717, 1.165) is 29.8 Å². The molecule has 0 aliphatic carbocycles. The number of benzene rings is 1. The zero-order chi connectivity index (χ0) is 15.2. The van der Waals surface area contributed by atoms with E-state index < -0.39 is 0 Å². The lowest BCUT2D eigenvalue weighted by Gasteiger charge is -2.16. The fraction of sp³-hybridized carbons (Fsp3) is 0.467. The smallest absolute Gasteiger partial charge is 0.164 e. The molecule has 0 aliphatic heterocycles. The van der Waals surface area contributed by atoms with Crippen LogP contribution in [0.1, 0.15) is 24.6 Å². The number of aromatic nitrogens is 3. The molecule has 0 amide bonds. The standard InChI is InChI=1S/C15H22N4O2/c1-4-12(16)8-11-6-5-7-14(20-3)15(11)21-10-13-9-19(2)18-17-13/h5-7,9,12H,4,8,10,16H2,1-3H3. The van der Waals surface area contributed by atoms with Gasteiger partial charge in [0.15, 0.2) is 11.5 Å². The van der Waals surface area contributed by atoms with Crippen molar-refractivity contribution in [2.45, 2.75) is 32.4 Å². The molecule has 1 unspecified atom stereocenters. The van der Waals surface area contributed by atoms with Crippen LogP contribution in [-0.4, -0.2) is 28.1 Å². The summed E-state index contributed by atoms with van der Waals surface area (Å²) in [5.74, 6) is 1.44. The Labute approximate surface area is 124 Å². The number of ether oxygens (including phenoxy) is 2. The molecule has 0 radical (unpaired) electrons. The summed E-state index contributed by atoms with van der Waals surface area (Å²) in [5.41, 5.74) is 7.88. The van der Waals surface area contributed by atoms with Crippen LogP contribution >= 0.6 is 0 Å². The lowest BCUT2D eigenvalue weighted by molar-refractivity contribution is 0.277. The van der Waals surface area contributed by atoms with Gasteiger partial charge < -0.3 is 15.2 Å². The molecule has 0 spiro atoms. The van der Waals surface area contributed by atoms with Crippen molar-refractivity contribution in [3.8, 4) is 11.5 Å². The average Bonchev–Trinajstić information content (AvgIpc) is 2.91. The maximum absolute atomic E-state index is 6.05. The molecule has 6 nitrogen and oxygen atoms in total. The van der Waals surface area contributed by atoms with Gasteiger partial charge in [-0.3, -0.25) is 4.68 Å². The highest BCUT2D eigenvalue weighted by Gasteiger charge is 2.14. The van der Waals surface area contributed by atoms with Gasteiger partial charge in [-0.2, -0.15) is 0 Å². The Hall–Kier alpha value is -2.08. The van der Waals surface area contributed by atoms with Gasteiger partial charge in [-0.15, -0.1) is 5.10 Å². The fourth-order valence-electron chi connectivity index (χ4n) is 2.08. The van der Waals surface area contributed by atoms with Crippen LogP contribution in [0, 0.1) is 0 Å². The topological polar surface area (TPSA) is 75.2 Å². The molecule has 2 rings (SSSR count). The van der Waals surface area contributed by atoms with Crippen molar-refractivity contribution in [3.63, 3.8) is 0 Å². The average molecular weight is 290 g/mol. The van der Waals surface area contributed by atoms with Gasteiger partial charge in [-0.1, -0.05) is 24.3 Å². The normalized spacial score (nSPS) is 12.2. The predicted molar refractivity (Wildman–Crippen MR) is 80.3 cm³/mol. The Balaban J connectivity index is 2.18. The van der Waals surface area contributed by atoms with Gasteiger partial charge in [-0.05, 0) is 24.5 Å². The third-order valence-electron chi connectivity index (χ3n) is 3.30. The third kappa shape index (κ3) is 3.95. The number of methoxy groups -OCH3 is 1. The fourth-order valence-corrected chi connectivity index (χ4v) is 2.08. The van der Waals surface area contributed by atoms with Crippen molar-refractivity contribution in [2.24, 2.45) is 12.8 Å². The monoisotopic (exact) mass is 290 g/mol. The van der Waals surface area contributed by atoms with E-state index in [1.165, 1.54) is 0 Å². The molecule has 0 fully saturated rings. The van der Waals surface area contributed by atoms with Crippen LogP contribution < -0.4 is 15.2 Å². The van der Waals surface area contributed by atoms with Crippen LogP contribution in [0.4, 0.5) is 0 Å². The van der Waals surface area contributed by atoms with Crippen molar-refractivity contribution in [1.82, 2.24) is 15.0 Å². The van der Waals surface area contributed by atoms with E-state index in [-0.39, 0.29) is 6.04 Å². The molecule has 1 atom stereocenters. The molecule has 21 heavy (non-hydrogen) atoms. The Morgan fingerprint density at radius 3 is 2.81 bits per heavy atom. The summed E-state index contributed by atoms with van der Waals surface area (Å²) in [7, 11) is 3.46. The molecule has 0 aliphatic rings. The first kappa shape index (κ1) is 15.3. The molecule has 2 aromatic rings. The summed E-state index contributed by atoms with van der Waals surface area (Å²) in [4.78, 5) is 0. The minimum atomic E-state index is 0.107. The van der Waals surface area contributed by atoms with Crippen molar-refractivity contribution < 1.29 is 9.47 Å². The van der Waals surface area contributed by atoms with Crippen molar-refractivity contribution in [3.05, 3.63) is 35.7 Å². The van der Waals surface area contributed by atoms with E-state index in [1.54, 1.807) is 11.8 Å². The van der Waals surface area contributed by atoms with Crippen molar-refractivity contribution >= 4 is 0 Å². The third-order valence-corrected chi connectivity index (χ3v) is 3.30. The van der Waals surface area contributed by atoms with E-state index in [9.17, 15) is 0 Å². The first-order valence-corrected chi connectivity index (χ1v) is 7.03. The number of aryl methyl sites for hydroxylation is 1. The Morgan fingerprint density at radius 1 is 1.38 bits per heavy atom. The van der Waals surface area contributed by atoms with E-state index >= 15 is 0 Å². The number of nitrogens with two attached hydrogens (primary N) is 1. The molecule has 0 saturated carbocycles. The second kappa shape index (κ2) is 7.08. The van der Waals surface area contributed by atoms with Crippen molar-refractivity contribution in [1.29, 1.82) is 0 Å². The first-order valence-electron chi connectivity index (χ1n) is 7.03. The highest BCUT2D eigenvalue weighted by molar-refractivity contribution is 5.47. The zero-order valence-corrected chi connectivity index (χ0v) is 12.7. The molecule has 6 heteroatoms. The van der Waals surface area contributed by atoms with Gasteiger partial charge in [0.1, 0.15) is 12.3 Å².